The summed E-state index contributed by atoms with van der Waals surface area (Å²) < 4.78 is 5.29. The van der Waals surface area contributed by atoms with Gasteiger partial charge in [-0.15, -0.1) is 0 Å². The Labute approximate surface area is 124 Å². The van der Waals surface area contributed by atoms with Crippen LogP contribution in [0.3, 0.4) is 0 Å². The van der Waals surface area contributed by atoms with Crippen LogP contribution in [0.15, 0.2) is 24.3 Å². The predicted octanol–water partition coefficient (Wildman–Crippen LogP) is 2.43. The van der Waals surface area contributed by atoms with Gasteiger partial charge in [0, 0.05) is 21.7 Å². The topological polar surface area (TPSA) is 29.5 Å². The molecule has 3 nitrogen and oxygen atoms in total. The summed E-state index contributed by atoms with van der Waals surface area (Å²) in [5, 5.41) is 0. The van der Waals surface area contributed by atoms with E-state index >= 15 is 0 Å². The first kappa shape index (κ1) is 16.8. The Morgan fingerprint density at radius 3 is 2.65 bits per heavy atom. The maximum absolute atomic E-state index is 11.8. The van der Waals surface area contributed by atoms with Crippen molar-refractivity contribution in [3.05, 3.63) is 29.8 Å². The highest BCUT2D eigenvalue weighted by Crippen LogP contribution is 2.08. The van der Waals surface area contributed by atoms with Gasteiger partial charge in [0.05, 0.1) is 6.61 Å². The van der Waals surface area contributed by atoms with Gasteiger partial charge in [0.1, 0.15) is 7.85 Å². The molecule has 0 bridgehead atoms. The number of hydrogen-bond donors (Lipinski definition) is 0. The van der Waals surface area contributed by atoms with E-state index in [2.05, 4.69) is 19.6 Å². The summed E-state index contributed by atoms with van der Waals surface area (Å²) in [5.41, 5.74) is 1.88. The molecule has 0 aliphatic rings. The van der Waals surface area contributed by atoms with Gasteiger partial charge >= 0.3 is 6.09 Å². The average Bonchev–Trinajstić information content (AvgIpc) is 2.34. The first-order chi connectivity index (χ1) is 9.28. The van der Waals surface area contributed by atoms with Crippen molar-refractivity contribution in [1.29, 1.82) is 0 Å². The summed E-state index contributed by atoms with van der Waals surface area (Å²) in [4.78, 5) is 13.4. The molecule has 1 aromatic carbocycles. The van der Waals surface area contributed by atoms with Gasteiger partial charge in [-0.2, -0.15) is 0 Å². The molecule has 0 atom stereocenters. The Morgan fingerprint density at radius 2 is 2.05 bits per heavy atom. The fraction of sp³-hybridized carbons (Fsp3) is 0.533. The van der Waals surface area contributed by atoms with Crippen LogP contribution in [0.4, 0.5) is 4.79 Å². The van der Waals surface area contributed by atoms with E-state index in [0.29, 0.717) is 13.2 Å². The van der Waals surface area contributed by atoms with Crippen LogP contribution in [-0.4, -0.2) is 47.1 Å². The summed E-state index contributed by atoms with van der Waals surface area (Å²) in [6, 6.07) is 8.74. The number of ether oxygens (including phenoxy) is 1. The van der Waals surface area contributed by atoms with E-state index < -0.39 is 8.07 Å². The number of likely N-dealkylation sites (N-methyl/N-ethyl adjacent to an activating group) is 1. The number of hydrogen-bond acceptors (Lipinski definition) is 2. The smallest absolute Gasteiger partial charge is 0.409 e. The number of amides is 1. The molecule has 1 amide bonds. The Bertz CT molecular complexity index is 446. The molecule has 0 spiro atoms. The molecule has 0 N–H and O–H groups in total. The van der Waals surface area contributed by atoms with E-state index in [4.69, 9.17) is 12.6 Å². The van der Waals surface area contributed by atoms with Crippen molar-refractivity contribution in [2.24, 2.45) is 0 Å². The first-order valence-corrected chi connectivity index (χ1v) is 10.7. The van der Waals surface area contributed by atoms with Crippen LogP contribution in [0.1, 0.15) is 5.56 Å². The van der Waals surface area contributed by atoms with Crippen LogP contribution in [0.5, 0.6) is 0 Å². The Morgan fingerprint density at radius 1 is 1.35 bits per heavy atom. The molecule has 20 heavy (non-hydrogen) atoms. The lowest BCUT2D eigenvalue weighted by Gasteiger charge is -2.19. The predicted molar refractivity (Wildman–Crippen MR) is 87.7 cm³/mol. The molecular formula is C15H24BNO2Si. The SMILES string of the molecule is [B]c1cccc(CCN(C)C(=O)OCC[Si](C)(C)C)c1. The Kier molecular flexibility index (Phi) is 6.33. The molecule has 0 fully saturated rings. The number of carbonyl (C=O) groups excluding carboxylic acids is 1. The molecule has 0 saturated carbocycles. The summed E-state index contributed by atoms with van der Waals surface area (Å²) in [6.45, 7) is 7.96. The van der Waals surface area contributed by atoms with Crippen LogP contribution < -0.4 is 5.46 Å². The van der Waals surface area contributed by atoms with E-state index in [1.807, 2.05) is 24.3 Å². The molecule has 1 aromatic rings. The summed E-state index contributed by atoms with van der Waals surface area (Å²) in [6.07, 6.45) is 0.539. The number of rotatable bonds is 6. The van der Waals surface area contributed by atoms with Crippen molar-refractivity contribution in [2.45, 2.75) is 32.1 Å². The van der Waals surface area contributed by atoms with Gasteiger partial charge in [-0.3, -0.25) is 0 Å². The zero-order valence-electron chi connectivity index (χ0n) is 13.0. The van der Waals surface area contributed by atoms with Gasteiger partial charge in [-0.1, -0.05) is 49.4 Å². The highest BCUT2D eigenvalue weighted by atomic mass is 28.3. The minimum absolute atomic E-state index is 0.243. The maximum Gasteiger partial charge on any atom is 0.409 e. The summed E-state index contributed by atoms with van der Waals surface area (Å²) in [7, 11) is 6.35. The van der Waals surface area contributed by atoms with Crippen molar-refractivity contribution >= 4 is 27.5 Å². The van der Waals surface area contributed by atoms with E-state index in [1.165, 1.54) is 0 Å². The normalized spacial score (nSPS) is 11.2. The fourth-order valence-corrected chi connectivity index (χ4v) is 2.41. The fourth-order valence-electron chi connectivity index (χ4n) is 1.69. The van der Waals surface area contributed by atoms with Crippen LogP contribution in [-0.2, 0) is 11.2 Å². The molecule has 0 heterocycles. The first-order valence-electron chi connectivity index (χ1n) is 7.00. The summed E-state index contributed by atoms with van der Waals surface area (Å²) >= 11 is 0. The van der Waals surface area contributed by atoms with E-state index in [0.717, 1.165) is 23.5 Å². The number of benzene rings is 1. The third kappa shape index (κ3) is 6.80. The van der Waals surface area contributed by atoms with Crippen LogP contribution in [0.25, 0.3) is 0 Å². The molecule has 1 rings (SSSR count). The molecule has 0 aliphatic carbocycles. The zero-order chi connectivity index (χ0) is 15.2. The molecular weight excluding hydrogens is 265 g/mol. The molecule has 0 unspecified atom stereocenters. The minimum atomic E-state index is -1.15. The minimum Gasteiger partial charge on any atom is -0.450 e. The molecule has 0 aromatic heterocycles. The molecule has 0 aliphatic heterocycles. The Hall–Kier alpha value is -1.23. The quantitative estimate of drug-likeness (QED) is 0.753. The second kappa shape index (κ2) is 7.53. The molecule has 2 radical (unpaired) electrons. The second-order valence-corrected chi connectivity index (χ2v) is 12.0. The van der Waals surface area contributed by atoms with Crippen molar-refractivity contribution in [3.8, 4) is 0 Å². The number of carbonyl (C=O) groups is 1. The number of nitrogens with zero attached hydrogens (tertiary/aromatic N) is 1. The van der Waals surface area contributed by atoms with Crippen molar-refractivity contribution in [1.82, 2.24) is 4.90 Å². The van der Waals surface area contributed by atoms with Crippen molar-refractivity contribution in [3.63, 3.8) is 0 Å². The lowest BCUT2D eigenvalue weighted by molar-refractivity contribution is 0.116. The van der Waals surface area contributed by atoms with Crippen LogP contribution >= 0.6 is 0 Å². The molecule has 5 heteroatoms. The van der Waals surface area contributed by atoms with Gasteiger partial charge in [0.2, 0.25) is 0 Å². The average molecular weight is 289 g/mol. The largest absolute Gasteiger partial charge is 0.450 e. The van der Waals surface area contributed by atoms with E-state index in [-0.39, 0.29) is 6.09 Å². The van der Waals surface area contributed by atoms with Crippen LogP contribution in [0, 0.1) is 0 Å². The van der Waals surface area contributed by atoms with Crippen molar-refractivity contribution in [2.75, 3.05) is 20.2 Å². The van der Waals surface area contributed by atoms with Gasteiger partial charge in [-0.05, 0) is 18.0 Å². The second-order valence-electron chi connectivity index (χ2n) is 6.34. The highest BCUT2D eigenvalue weighted by Gasteiger charge is 2.15. The lowest BCUT2D eigenvalue weighted by atomic mass is 9.94. The van der Waals surface area contributed by atoms with Crippen molar-refractivity contribution < 1.29 is 9.53 Å². The highest BCUT2D eigenvalue weighted by molar-refractivity contribution is 6.76. The van der Waals surface area contributed by atoms with E-state index in [9.17, 15) is 4.79 Å². The molecule has 108 valence electrons. The maximum atomic E-state index is 11.8. The lowest BCUT2D eigenvalue weighted by Crippen LogP contribution is -2.31. The van der Waals surface area contributed by atoms with Gasteiger partial charge in [0.25, 0.3) is 0 Å². The standard InChI is InChI=1S/C15H24BNO2Si/c1-17(15(18)19-10-11-20(2,3)4)9-8-13-6-5-7-14(16)12-13/h5-7,12H,8-11H2,1-4H3. The van der Waals surface area contributed by atoms with Gasteiger partial charge in [-0.25, -0.2) is 4.79 Å². The summed E-state index contributed by atoms with van der Waals surface area (Å²) in [5.74, 6) is 0. The zero-order valence-corrected chi connectivity index (χ0v) is 14.0. The van der Waals surface area contributed by atoms with Gasteiger partial charge < -0.3 is 9.64 Å². The monoisotopic (exact) mass is 289 g/mol. The molecule has 0 saturated heterocycles. The van der Waals surface area contributed by atoms with Gasteiger partial charge in [0.15, 0.2) is 0 Å². The third-order valence-corrected chi connectivity index (χ3v) is 4.78. The Balaban J connectivity index is 2.31. The van der Waals surface area contributed by atoms with E-state index in [1.54, 1.807) is 11.9 Å². The van der Waals surface area contributed by atoms with Crippen LogP contribution in [0.2, 0.25) is 25.7 Å². The third-order valence-electron chi connectivity index (χ3n) is 3.08.